The number of aromatic nitrogens is 2. The quantitative estimate of drug-likeness (QED) is 0.733. The average molecular weight is 419 g/mol. The first kappa shape index (κ1) is 21.2. The fraction of sp³-hybridized carbons (Fsp3) is 0.450. The molecule has 3 rings (SSSR count). The van der Waals surface area contributed by atoms with Crippen LogP contribution in [0.4, 0.5) is 0 Å². The van der Waals surface area contributed by atoms with Crippen molar-refractivity contribution in [2.24, 2.45) is 0 Å². The van der Waals surface area contributed by atoms with Crippen molar-refractivity contribution in [2.75, 3.05) is 19.6 Å². The third-order valence-corrected chi connectivity index (χ3v) is 6.92. The smallest absolute Gasteiger partial charge is 0.253 e. The molecule has 1 amide bonds. The zero-order valence-electron chi connectivity index (χ0n) is 16.5. The highest BCUT2D eigenvalue weighted by Gasteiger charge is 2.25. The number of carbonyl (C=O) groups is 1. The number of benzene rings is 1. The van der Waals surface area contributed by atoms with Gasteiger partial charge in [0.05, 0.1) is 11.2 Å². The van der Waals surface area contributed by atoms with Gasteiger partial charge in [-0.05, 0) is 43.5 Å². The van der Waals surface area contributed by atoms with E-state index in [2.05, 4.69) is 10.3 Å². The second kappa shape index (κ2) is 9.32. The lowest BCUT2D eigenvalue weighted by Crippen LogP contribution is -2.35. The average Bonchev–Trinajstić information content (AvgIpc) is 2.75. The number of aryl methyl sites for hydroxylation is 1. The van der Waals surface area contributed by atoms with Crippen molar-refractivity contribution in [1.82, 2.24) is 19.2 Å². The molecule has 1 fully saturated rings. The third kappa shape index (κ3) is 5.10. The zero-order valence-corrected chi connectivity index (χ0v) is 17.3. The number of hydrogen-bond acceptors (Lipinski definition) is 5. The summed E-state index contributed by atoms with van der Waals surface area (Å²) in [4.78, 5) is 28.6. The molecule has 0 atom stereocenters. The predicted molar refractivity (Wildman–Crippen MR) is 109 cm³/mol. The highest BCUT2D eigenvalue weighted by molar-refractivity contribution is 7.89. The van der Waals surface area contributed by atoms with Gasteiger partial charge >= 0.3 is 0 Å². The Morgan fingerprint density at radius 1 is 1.14 bits per heavy atom. The van der Waals surface area contributed by atoms with Gasteiger partial charge in [0, 0.05) is 43.5 Å². The molecule has 1 aromatic carbocycles. The van der Waals surface area contributed by atoms with E-state index in [4.69, 9.17) is 0 Å². The van der Waals surface area contributed by atoms with Gasteiger partial charge in [-0.15, -0.1) is 0 Å². The summed E-state index contributed by atoms with van der Waals surface area (Å²) < 4.78 is 28.3. The first-order chi connectivity index (χ1) is 13.9. The Morgan fingerprint density at radius 3 is 2.45 bits per heavy atom. The van der Waals surface area contributed by atoms with Gasteiger partial charge < -0.3 is 5.32 Å². The SMILES string of the molecule is CCc1cc(=O)n(CCNC(=O)c2ccc(S(=O)(=O)N3CCCCC3)cc2)cn1. The molecule has 0 spiro atoms. The molecule has 8 nitrogen and oxygen atoms in total. The molecule has 0 bridgehead atoms. The fourth-order valence-electron chi connectivity index (χ4n) is 3.25. The molecule has 1 aromatic heterocycles. The molecule has 0 unspecified atom stereocenters. The van der Waals surface area contributed by atoms with Crippen molar-refractivity contribution in [3.63, 3.8) is 0 Å². The lowest BCUT2D eigenvalue weighted by Gasteiger charge is -2.25. The predicted octanol–water partition coefficient (Wildman–Crippen LogP) is 1.41. The van der Waals surface area contributed by atoms with Crippen molar-refractivity contribution in [3.05, 3.63) is 58.3 Å². The van der Waals surface area contributed by atoms with Gasteiger partial charge in [-0.3, -0.25) is 14.2 Å². The minimum Gasteiger partial charge on any atom is -0.350 e. The van der Waals surface area contributed by atoms with E-state index in [1.54, 1.807) is 0 Å². The van der Waals surface area contributed by atoms with Crippen molar-refractivity contribution < 1.29 is 13.2 Å². The second-order valence-corrected chi connectivity index (χ2v) is 8.95. The summed E-state index contributed by atoms with van der Waals surface area (Å²) >= 11 is 0. The van der Waals surface area contributed by atoms with Crippen LogP contribution in [0, 0.1) is 0 Å². The fourth-order valence-corrected chi connectivity index (χ4v) is 4.77. The van der Waals surface area contributed by atoms with Gasteiger partial charge in [0.15, 0.2) is 0 Å². The van der Waals surface area contributed by atoms with E-state index >= 15 is 0 Å². The highest BCUT2D eigenvalue weighted by atomic mass is 32.2. The monoisotopic (exact) mass is 418 g/mol. The third-order valence-electron chi connectivity index (χ3n) is 5.01. The van der Waals surface area contributed by atoms with Gasteiger partial charge in [0.25, 0.3) is 11.5 Å². The number of sulfonamides is 1. The topological polar surface area (TPSA) is 101 Å². The molecule has 0 aliphatic carbocycles. The summed E-state index contributed by atoms with van der Waals surface area (Å²) in [5.74, 6) is -0.321. The van der Waals surface area contributed by atoms with Crippen LogP contribution in [0.5, 0.6) is 0 Å². The normalized spacial score (nSPS) is 15.2. The standard InChI is InChI=1S/C20H26N4O4S/c1-2-17-14-19(25)23(15-22-17)13-10-21-20(26)16-6-8-18(9-7-16)29(27,28)24-11-4-3-5-12-24/h6-9,14-15H,2-5,10-13H2,1H3,(H,21,26). The number of nitrogens with one attached hydrogen (secondary N) is 1. The molecule has 1 saturated heterocycles. The Morgan fingerprint density at radius 2 is 1.83 bits per heavy atom. The van der Waals surface area contributed by atoms with Gasteiger partial charge in [0.1, 0.15) is 0 Å². The molecule has 29 heavy (non-hydrogen) atoms. The maximum Gasteiger partial charge on any atom is 0.253 e. The Balaban J connectivity index is 1.58. The highest BCUT2D eigenvalue weighted by Crippen LogP contribution is 2.20. The van der Waals surface area contributed by atoms with Crippen LogP contribution in [0.1, 0.15) is 42.2 Å². The molecule has 2 aromatic rings. The van der Waals surface area contributed by atoms with Crippen LogP contribution in [0.15, 0.2) is 46.3 Å². The van der Waals surface area contributed by atoms with E-state index in [0.29, 0.717) is 31.6 Å². The Bertz CT molecular complexity index is 1010. The molecule has 9 heteroatoms. The Hall–Kier alpha value is -2.52. The maximum atomic E-state index is 12.7. The van der Waals surface area contributed by atoms with E-state index in [1.165, 1.54) is 45.5 Å². The number of amides is 1. The van der Waals surface area contributed by atoms with Crippen LogP contribution in [-0.4, -0.2) is 47.8 Å². The molecule has 1 N–H and O–H groups in total. The van der Waals surface area contributed by atoms with Crippen LogP contribution >= 0.6 is 0 Å². The van der Waals surface area contributed by atoms with Crippen LogP contribution < -0.4 is 10.9 Å². The first-order valence-corrected chi connectivity index (χ1v) is 11.3. The van der Waals surface area contributed by atoms with Crippen LogP contribution in [0.25, 0.3) is 0 Å². The number of hydrogen-bond donors (Lipinski definition) is 1. The van der Waals surface area contributed by atoms with Crippen LogP contribution in [0.2, 0.25) is 0 Å². The first-order valence-electron chi connectivity index (χ1n) is 9.85. The molecular weight excluding hydrogens is 392 g/mol. The van der Waals surface area contributed by atoms with Gasteiger partial charge in [-0.1, -0.05) is 13.3 Å². The van der Waals surface area contributed by atoms with E-state index < -0.39 is 10.0 Å². The molecule has 1 aliphatic heterocycles. The summed E-state index contributed by atoms with van der Waals surface area (Å²) in [6.45, 7) is 3.58. The van der Waals surface area contributed by atoms with Crippen molar-refractivity contribution in [2.45, 2.75) is 44.0 Å². The van der Waals surface area contributed by atoms with E-state index in [1.807, 2.05) is 6.92 Å². The van der Waals surface area contributed by atoms with E-state index in [9.17, 15) is 18.0 Å². The minimum absolute atomic E-state index is 0.154. The molecule has 0 saturated carbocycles. The van der Waals surface area contributed by atoms with Gasteiger partial charge in [-0.2, -0.15) is 4.31 Å². The van der Waals surface area contributed by atoms with Crippen molar-refractivity contribution in [3.8, 4) is 0 Å². The lowest BCUT2D eigenvalue weighted by molar-refractivity contribution is 0.0952. The Kier molecular flexibility index (Phi) is 6.81. The van der Waals surface area contributed by atoms with E-state index in [0.717, 1.165) is 25.0 Å². The summed E-state index contributed by atoms with van der Waals surface area (Å²) in [6, 6.07) is 7.45. The molecular formula is C20H26N4O4S. The summed E-state index contributed by atoms with van der Waals surface area (Å²) in [5, 5.41) is 2.74. The van der Waals surface area contributed by atoms with Crippen molar-refractivity contribution >= 4 is 15.9 Å². The maximum absolute atomic E-state index is 12.7. The molecule has 1 aliphatic rings. The lowest BCUT2D eigenvalue weighted by atomic mass is 10.2. The van der Waals surface area contributed by atoms with Gasteiger partial charge in [-0.25, -0.2) is 13.4 Å². The second-order valence-electron chi connectivity index (χ2n) is 7.01. The largest absolute Gasteiger partial charge is 0.350 e. The summed E-state index contributed by atoms with van der Waals surface area (Å²) in [6.07, 6.45) is 4.97. The number of carbonyl (C=O) groups excluding carboxylic acids is 1. The summed E-state index contributed by atoms with van der Waals surface area (Å²) in [5.41, 5.74) is 0.947. The number of nitrogens with zero attached hydrogens (tertiary/aromatic N) is 3. The van der Waals surface area contributed by atoms with Gasteiger partial charge in [0.2, 0.25) is 10.0 Å². The van der Waals surface area contributed by atoms with Crippen molar-refractivity contribution in [1.29, 1.82) is 0 Å². The molecule has 2 heterocycles. The summed E-state index contributed by atoms with van der Waals surface area (Å²) in [7, 11) is -3.51. The minimum atomic E-state index is -3.51. The number of piperidine rings is 1. The molecule has 156 valence electrons. The van der Waals surface area contributed by atoms with Crippen LogP contribution in [-0.2, 0) is 23.0 Å². The van der Waals surface area contributed by atoms with E-state index in [-0.39, 0.29) is 22.9 Å². The molecule has 0 radical (unpaired) electrons. The Labute approximate surface area is 170 Å². The zero-order chi connectivity index (χ0) is 20.9. The van der Waals surface area contributed by atoms with Crippen LogP contribution in [0.3, 0.4) is 0 Å². The number of rotatable bonds is 7.